The van der Waals surface area contributed by atoms with Crippen molar-refractivity contribution in [3.8, 4) is 0 Å². The molecule has 1 heterocycles. The number of carbonyl (C=O) groups is 4. The van der Waals surface area contributed by atoms with Crippen LogP contribution in [0, 0.1) is 0 Å². The maximum Gasteiger partial charge on any atom is 0.322 e. The molecule has 0 saturated carbocycles. The molecule has 4 unspecified atom stereocenters. The third-order valence-corrected chi connectivity index (χ3v) is 4.03. The third-order valence-electron chi connectivity index (χ3n) is 3.67. The lowest BCUT2D eigenvalue weighted by atomic mass is 10.1. The summed E-state index contributed by atoms with van der Waals surface area (Å²) in [4.78, 5) is 46.7. The van der Waals surface area contributed by atoms with E-state index in [0.717, 1.165) is 13.0 Å². The topological polar surface area (TPSA) is 157 Å². The predicted molar refractivity (Wildman–Crippen MR) is 91.1 cm³/mol. The normalized spacial score (nSPS) is 20.2. The fraction of sp³-hybridized carbons (Fsp3) is 0.714. The summed E-state index contributed by atoms with van der Waals surface area (Å²) in [6.07, 6.45) is 0.273. The van der Waals surface area contributed by atoms with Crippen molar-refractivity contribution < 1.29 is 29.4 Å². The minimum atomic E-state index is -1.35. The maximum atomic E-state index is 12.3. The van der Waals surface area contributed by atoms with Gasteiger partial charge in [-0.25, -0.2) is 0 Å². The van der Waals surface area contributed by atoms with Gasteiger partial charge in [0.25, 0.3) is 0 Å². The van der Waals surface area contributed by atoms with Gasteiger partial charge in [-0.1, -0.05) is 0 Å². The molecule has 0 bridgehead atoms. The van der Waals surface area contributed by atoms with E-state index in [-0.39, 0.29) is 17.7 Å². The molecule has 4 atom stereocenters. The van der Waals surface area contributed by atoms with Crippen molar-refractivity contribution in [3.63, 3.8) is 0 Å². The highest BCUT2D eigenvalue weighted by atomic mass is 32.1. The number of thiol groups is 1. The summed E-state index contributed by atoms with van der Waals surface area (Å²) in [5.41, 5.74) is 0. The Morgan fingerprint density at radius 3 is 2.40 bits per heavy atom. The Bertz CT molecular complexity index is 510. The molecule has 11 heteroatoms. The van der Waals surface area contributed by atoms with Crippen LogP contribution in [0.15, 0.2) is 0 Å². The number of carboxylic acids is 1. The molecule has 0 aromatic heterocycles. The van der Waals surface area contributed by atoms with Crippen LogP contribution in [0.1, 0.15) is 19.8 Å². The summed E-state index contributed by atoms with van der Waals surface area (Å²) in [7, 11) is 0. The number of carboxylic acid groups (broad SMARTS) is 1. The van der Waals surface area contributed by atoms with Gasteiger partial charge in [0.2, 0.25) is 17.7 Å². The summed E-state index contributed by atoms with van der Waals surface area (Å²) in [5.74, 6) is -3.14. The number of hydrogen-bond acceptors (Lipinski definition) is 7. The van der Waals surface area contributed by atoms with E-state index in [0.29, 0.717) is 6.42 Å². The van der Waals surface area contributed by atoms with Gasteiger partial charge >= 0.3 is 5.97 Å². The van der Waals surface area contributed by atoms with Gasteiger partial charge in [0.1, 0.15) is 18.6 Å². The first-order valence-electron chi connectivity index (χ1n) is 7.88. The smallest absolute Gasteiger partial charge is 0.322 e. The second-order valence-corrected chi connectivity index (χ2v) is 6.10. The molecule has 1 rings (SSSR count). The molecule has 6 N–H and O–H groups in total. The molecule has 0 aromatic rings. The van der Waals surface area contributed by atoms with E-state index in [1.165, 1.54) is 6.92 Å². The zero-order valence-electron chi connectivity index (χ0n) is 13.8. The summed E-state index contributed by atoms with van der Waals surface area (Å²) in [6, 6.07) is -2.72. The molecule has 1 aliphatic rings. The van der Waals surface area contributed by atoms with E-state index in [1.807, 2.05) is 0 Å². The van der Waals surface area contributed by atoms with Gasteiger partial charge in [0, 0.05) is 5.75 Å². The van der Waals surface area contributed by atoms with Gasteiger partial charge in [0.15, 0.2) is 0 Å². The van der Waals surface area contributed by atoms with Gasteiger partial charge in [-0.2, -0.15) is 12.6 Å². The molecule has 0 radical (unpaired) electrons. The van der Waals surface area contributed by atoms with Crippen molar-refractivity contribution in [1.82, 2.24) is 21.3 Å². The van der Waals surface area contributed by atoms with Gasteiger partial charge < -0.3 is 31.5 Å². The highest BCUT2D eigenvalue weighted by Crippen LogP contribution is 2.05. The lowest BCUT2D eigenvalue weighted by Gasteiger charge is -2.24. The van der Waals surface area contributed by atoms with Crippen molar-refractivity contribution in [2.75, 3.05) is 18.8 Å². The van der Waals surface area contributed by atoms with Gasteiger partial charge in [-0.15, -0.1) is 0 Å². The quantitative estimate of drug-likeness (QED) is 0.215. The van der Waals surface area contributed by atoms with Gasteiger partial charge in [-0.05, 0) is 26.3 Å². The number of aliphatic carboxylic acids is 1. The molecular formula is C14H24N4O6S. The predicted octanol–water partition coefficient (Wildman–Crippen LogP) is -2.78. The molecule has 1 saturated heterocycles. The van der Waals surface area contributed by atoms with Crippen LogP contribution in [-0.4, -0.2) is 77.0 Å². The van der Waals surface area contributed by atoms with Crippen LogP contribution in [0.3, 0.4) is 0 Å². The molecule has 10 nitrogen and oxygen atoms in total. The van der Waals surface area contributed by atoms with Crippen molar-refractivity contribution >= 4 is 36.3 Å². The molecule has 25 heavy (non-hydrogen) atoms. The van der Waals surface area contributed by atoms with E-state index in [9.17, 15) is 24.3 Å². The number of nitrogens with one attached hydrogen (secondary N) is 4. The van der Waals surface area contributed by atoms with Gasteiger partial charge in [-0.3, -0.25) is 19.2 Å². The molecular weight excluding hydrogens is 352 g/mol. The van der Waals surface area contributed by atoms with E-state index >= 15 is 0 Å². The zero-order chi connectivity index (χ0) is 19.0. The maximum absolute atomic E-state index is 12.3. The summed E-state index contributed by atoms with van der Waals surface area (Å²) in [5, 5.41) is 28.2. The molecule has 1 aliphatic heterocycles. The number of carbonyl (C=O) groups excluding carboxylic acids is 3. The lowest BCUT2D eigenvalue weighted by Crippen LogP contribution is -2.59. The number of aliphatic hydroxyl groups excluding tert-OH is 1. The highest BCUT2D eigenvalue weighted by molar-refractivity contribution is 7.80. The van der Waals surface area contributed by atoms with Crippen LogP contribution in [0.4, 0.5) is 0 Å². The first kappa shape index (κ1) is 21.2. The van der Waals surface area contributed by atoms with Crippen LogP contribution >= 0.6 is 12.6 Å². The van der Waals surface area contributed by atoms with Crippen LogP contribution in [-0.2, 0) is 19.2 Å². The molecule has 0 aliphatic carbocycles. The number of aliphatic hydroxyl groups is 1. The summed E-state index contributed by atoms with van der Waals surface area (Å²) in [6.45, 7) is 1.36. The molecule has 142 valence electrons. The Kier molecular flexibility index (Phi) is 8.66. The summed E-state index contributed by atoms with van der Waals surface area (Å²) < 4.78 is 0. The highest BCUT2D eigenvalue weighted by Gasteiger charge is 2.31. The molecule has 0 spiro atoms. The standard InChI is InChI=1S/C14H24N4O6S/c1-7(19)11(14(24)16-5-10(20)21)18-13(23)9(6-25)17-12(22)8-3-2-4-15-8/h7-9,11,15,19,25H,2-6H2,1H3,(H,16,24)(H,17,22)(H,18,23)(H,20,21). The van der Waals surface area contributed by atoms with E-state index in [2.05, 4.69) is 33.9 Å². The number of hydrogen-bond donors (Lipinski definition) is 7. The third kappa shape index (κ3) is 6.88. The van der Waals surface area contributed by atoms with Crippen LogP contribution in [0.25, 0.3) is 0 Å². The fourth-order valence-electron chi connectivity index (χ4n) is 2.31. The van der Waals surface area contributed by atoms with E-state index < -0.39 is 42.5 Å². The Morgan fingerprint density at radius 1 is 1.24 bits per heavy atom. The Balaban J connectivity index is 2.64. The average molecular weight is 376 g/mol. The average Bonchev–Trinajstić information content (AvgIpc) is 3.09. The van der Waals surface area contributed by atoms with Crippen molar-refractivity contribution in [2.24, 2.45) is 0 Å². The van der Waals surface area contributed by atoms with Crippen LogP contribution < -0.4 is 21.3 Å². The summed E-state index contributed by atoms with van der Waals surface area (Å²) >= 11 is 4.03. The first-order valence-corrected chi connectivity index (χ1v) is 8.52. The Morgan fingerprint density at radius 2 is 1.92 bits per heavy atom. The minimum absolute atomic E-state index is 0.00638. The largest absolute Gasteiger partial charge is 0.480 e. The van der Waals surface area contributed by atoms with Crippen LogP contribution in [0.5, 0.6) is 0 Å². The van der Waals surface area contributed by atoms with Gasteiger partial charge in [0.05, 0.1) is 12.1 Å². The first-order chi connectivity index (χ1) is 11.8. The second kappa shape index (κ2) is 10.2. The van der Waals surface area contributed by atoms with E-state index in [1.54, 1.807) is 0 Å². The van der Waals surface area contributed by atoms with Crippen LogP contribution in [0.2, 0.25) is 0 Å². The molecule has 3 amide bonds. The second-order valence-electron chi connectivity index (χ2n) is 5.73. The number of rotatable bonds is 9. The van der Waals surface area contributed by atoms with E-state index in [4.69, 9.17) is 5.11 Å². The minimum Gasteiger partial charge on any atom is -0.480 e. The monoisotopic (exact) mass is 376 g/mol. The Hall–Kier alpha value is -1.85. The molecule has 0 aromatic carbocycles. The molecule has 1 fully saturated rings. The SMILES string of the molecule is CC(O)C(NC(=O)C(CS)NC(=O)C1CCCN1)C(=O)NCC(=O)O. The number of amides is 3. The fourth-order valence-corrected chi connectivity index (χ4v) is 2.56. The van der Waals surface area contributed by atoms with Crippen molar-refractivity contribution in [2.45, 2.75) is 44.0 Å². The van der Waals surface area contributed by atoms with Crippen molar-refractivity contribution in [3.05, 3.63) is 0 Å². The zero-order valence-corrected chi connectivity index (χ0v) is 14.7. The van der Waals surface area contributed by atoms with Crippen molar-refractivity contribution in [1.29, 1.82) is 0 Å². The Labute approximate surface area is 150 Å². The lowest BCUT2D eigenvalue weighted by molar-refractivity contribution is -0.139.